The molecule has 118 valence electrons. The Morgan fingerprint density at radius 1 is 1.22 bits per heavy atom. The molecule has 0 aliphatic carbocycles. The summed E-state index contributed by atoms with van der Waals surface area (Å²) in [4.78, 5) is 18.6. The van der Waals surface area contributed by atoms with E-state index < -0.39 is 0 Å². The molecule has 5 heteroatoms. The third kappa shape index (κ3) is 2.99. The third-order valence-corrected chi connectivity index (χ3v) is 5.82. The van der Waals surface area contributed by atoms with Crippen molar-refractivity contribution in [3.05, 3.63) is 57.9 Å². The van der Waals surface area contributed by atoms with Gasteiger partial charge in [-0.25, -0.2) is 0 Å². The molecule has 0 spiro atoms. The van der Waals surface area contributed by atoms with Gasteiger partial charge in [-0.05, 0) is 55.5 Å². The number of hydrogen-bond donors (Lipinski definition) is 0. The van der Waals surface area contributed by atoms with Crippen LogP contribution in [0.4, 0.5) is 0 Å². The lowest BCUT2D eigenvalue weighted by atomic mass is 10.1. The van der Waals surface area contributed by atoms with Gasteiger partial charge in [0.15, 0.2) is 4.80 Å². The lowest BCUT2D eigenvalue weighted by Gasteiger charge is -2.03. The van der Waals surface area contributed by atoms with Crippen LogP contribution in [0.25, 0.3) is 10.2 Å². The Bertz CT molecular complexity index is 967. The van der Waals surface area contributed by atoms with E-state index in [1.165, 1.54) is 11.1 Å². The van der Waals surface area contributed by atoms with E-state index in [-0.39, 0.29) is 5.91 Å². The van der Waals surface area contributed by atoms with Crippen LogP contribution in [-0.4, -0.2) is 16.7 Å². The number of fused-ring (bicyclic) bond motifs is 1. The molecule has 0 saturated carbocycles. The van der Waals surface area contributed by atoms with Crippen molar-refractivity contribution in [3.63, 3.8) is 0 Å². The molecule has 0 saturated heterocycles. The Balaban J connectivity index is 2.12. The van der Waals surface area contributed by atoms with Crippen LogP contribution < -0.4 is 4.80 Å². The Labute approximate surface area is 143 Å². The van der Waals surface area contributed by atoms with Crippen molar-refractivity contribution >= 4 is 39.2 Å². The molecule has 0 bridgehead atoms. The molecule has 0 unspecified atom stereocenters. The minimum Gasteiger partial charge on any atom is -0.319 e. The third-order valence-electron chi connectivity index (χ3n) is 4.00. The van der Waals surface area contributed by atoms with E-state index in [9.17, 15) is 4.79 Å². The zero-order chi connectivity index (χ0) is 16.6. The molecule has 1 aromatic heterocycles. The molecule has 0 atom stereocenters. The van der Waals surface area contributed by atoms with Crippen molar-refractivity contribution in [2.45, 2.75) is 18.7 Å². The topological polar surface area (TPSA) is 34.4 Å². The number of thiazole rings is 1. The van der Waals surface area contributed by atoms with E-state index in [0.717, 1.165) is 19.9 Å². The van der Waals surface area contributed by atoms with Gasteiger partial charge in [0.05, 0.1) is 10.2 Å². The van der Waals surface area contributed by atoms with E-state index in [2.05, 4.69) is 31.0 Å². The summed E-state index contributed by atoms with van der Waals surface area (Å²) >= 11 is 3.17. The van der Waals surface area contributed by atoms with Crippen LogP contribution in [0.1, 0.15) is 21.5 Å². The first-order valence-corrected chi connectivity index (χ1v) is 9.34. The summed E-state index contributed by atoms with van der Waals surface area (Å²) in [6.45, 7) is 4.21. The molecule has 3 rings (SSSR count). The normalized spacial score (nSPS) is 12.1. The standard InChI is InChI=1S/C18H18N2OS2/c1-11-8-9-15-16(12(11)2)20(3)18(23-15)19-17(21)13-6-5-7-14(10-13)22-4/h5-10H,1-4H3. The Morgan fingerprint density at radius 3 is 2.74 bits per heavy atom. The summed E-state index contributed by atoms with van der Waals surface area (Å²) in [5.74, 6) is -0.197. The van der Waals surface area contributed by atoms with Gasteiger partial charge in [-0.1, -0.05) is 23.5 Å². The SMILES string of the molecule is CSc1cccc(C(=O)N=c2sc3ccc(C)c(C)c3n2C)c1. The van der Waals surface area contributed by atoms with Crippen LogP contribution in [-0.2, 0) is 7.05 Å². The number of amides is 1. The van der Waals surface area contributed by atoms with Gasteiger partial charge in [-0.15, -0.1) is 11.8 Å². The lowest BCUT2D eigenvalue weighted by Crippen LogP contribution is -2.13. The highest BCUT2D eigenvalue weighted by molar-refractivity contribution is 7.98. The maximum absolute atomic E-state index is 12.5. The second-order valence-corrected chi connectivity index (χ2v) is 7.34. The molecular weight excluding hydrogens is 324 g/mol. The van der Waals surface area contributed by atoms with Crippen molar-refractivity contribution in [1.82, 2.24) is 4.57 Å². The molecule has 0 aliphatic rings. The predicted octanol–water partition coefficient (Wildman–Crippen LogP) is 4.32. The van der Waals surface area contributed by atoms with Crippen LogP contribution in [0.2, 0.25) is 0 Å². The number of aromatic nitrogens is 1. The van der Waals surface area contributed by atoms with Gasteiger partial charge in [0.2, 0.25) is 0 Å². The zero-order valence-corrected chi connectivity index (χ0v) is 15.2. The first-order valence-electron chi connectivity index (χ1n) is 7.30. The number of benzene rings is 2. The van der Waals surface area contributed by atoms with Crippen LogP contribution in [0.5, 0.6) is 0 Å². The molecule has 3 nitrogen and oxygen atoms in total. The molecule has 0 radical (unpaired) electrons. The van der Waals surface area contributed by atoms with E-state index in [1.807, 2.05) is 42.1 Å². The summed E-state index contributed by atoms with van der Waals surface area (Å²) in [5, 5.41) is 0. The summed E-state index contributed by atoms with van der Waals surface area (Å²) in [5.41, 5.74) is 4.26. The quantitative estimate of drug-likeness (QED) is 0.650. The van der Waals surface area contributed by atoms with Crippen molar-refractivity contribution < 1.29 is 4.79 Å². The fourth-order valence-electron chi connectivity index (χ4n) is 2.54. The molecule has 2 aromatic carbocycles. The van der Waals surface area contributed by atoms with Crippen LogP contribution in [0.3, 0.4) is 0 Å². The Hall–Kier alpha value is -1.85. The van der Waals surface area contributed by atoms with Crippen LogP contribution >= 0.6 is 23.1 Å². The van der Waals surface area contributed by atoms with E-state index >= 15 is 0 Å². The molecular formula is C18H18N2OS2. The van der Waals surface area contributed by atoms with Gasteiger partial charge < -0.3 is 4.57 Å². The average molecular weight is 342 g/mol. The van der Waals surface area contributed by atoms with Gasteiger partial charge >= 0.3 is 0 Å². The zero-order valence-electron chi connectivity index (χ0n) is 13.6. The number of aryl methyl sites for hydroxylation is 3. The van der Waals surface area contributed by atoms with Crippen molar-refractivity contribution in [2.75, 3.05) is 6.26 Å². The number of hydrogen-bond acceptors (Lipinski definition) is 3. The number of rotatable bonds is 2. The summed E-state index contributed by atoms with van der Waals surface area (Å²) in [6, 6.07) is 11.8. The van der Waals surface area contributed by atoms with Gasteiger partial charge in [0, 0.05) is 17.5 Å². The highest BCUT2D eigenvalue weighted by Gasteiger charge is 2.10. The number of nitrogens with zero attached hydrogens (tertiary/aromatic N) is 2. The summed E-state index contributed by atoms with van der Waals surface area (Å²) in [7, 11) is 1.97. The van der Waals surface area contributed by atoms with E-state index in [0.29, 0.717) is 5.56 Å². The van der Waals surface area contributed by atoms with Gasteiger partial charge in [0.1, 0.15) is 0 Å². The average Bonchev–Trinajstić information content (AvgIpc) is 2.87. The molecule has 1 heterocycles. The number of thioether (sulfide) groups is 1. The van der Waals surface area contributed by atoms with Gasteiger partial charge in [0.25, 0.3) is 5.91 Å². The maximum atomic E-state index is 12.5. The fourth-order valence-corrected chi connectivity index (χ4v) is 4.08. The molecule has 0 aliphatic heterocycles. The summed E-state index contributed by atoms with van der Waals surface area (Å²) in [6.07, 6.45) is 2.00. The van der Waals surface area contributed by atoms with Crippen LogP contribution in [0, 0.1) is 13.8 Å². The van der Waals surface area contributed by atoms with E-state index in [4.69, 9.17) is 0 Å². The predicted molar refractivity (Wildman–Crippen MR) is 98.4 cm³/mol. The van der Waals surface area contributed by atoms with Crippen molar-refractivity contribution in [2.24, 2.45) is 12.0 Å². The molecule has 3 aromatic rings. The molecule has 1 amide bonds. The first-order chi connectivity index (χ1) is 11.0. The first kappa shape index (κ1) is 16.0. The smallest absolute Gasteiger partial charge is 0.279 e. The fraction of sp³-hybridized carbons (Fsp3) is 0.222. The Kier molecular flexibility index (Phi) is 4.41. The second-order valence-electron chi connectivity index (χ2n) is 5.45. The monoisotopic (exact) mass is 342 g/mol. The number of carbonyl (C=O) groups is 1. The Morgan fingerprint density at radius 2 is 2.00 bits per heavy atom. The highest BCUT2D eigenvalue weighted by Crippen LogP contribution is 2.23. The largest absolute Gasteiger partial charge is 0.319 e. The number of carbonyl (C=O) groups excluding carboxylic acids is 1. The highest BCUT2D eigenvalue weighted by atomic mass is 32.2. The van der Waals surface area contributed by atoms with E-state index in [1.54, 1.807) is 23.1 Å². The minimum atomic E-state index is -0.197. The summed E-state index contributed by atoms with van der Waals surface area (Å²) < 4.78 is 3.17. The molecule has 23 heavy (non-hydrogen) atoms. The van der Waals surface area contributed by atoms with Crippen molar-refractivity contribution in [3.8, 4) is 0 Å². The minimum absolute atomic E-state index is 0.197. The molecule has 0 N–H and O–H groups in total. The van der Waals surface area contributed by atoms with Crippen LogP contribution in [0.15, 0.2) is 46.3 Å². The van der Waals surface area contributed by atoms with Gasteiger partial charge in [-0.3, -0.25) is 4.79 Å². The van der Waals surface area contributed by atoms with Gasteiger partial charge in [-0.2, -0.15) is 4.99 Å². The maximum Gasteiger partial charge on any atom is 0.279 e. The second kappa shape index (κ2) is 6.34. The van der Waals surface area contributed by atoms with Crippen molar-refractivity contribution in [1.29, 1.82) is 0 Å². The lowest BCUT2D eigenvalue weighted by molar-refractivity contribution is 0.0997. The molecule has 0 fully saturated rings.